The summed E-state index contributed by atoms with van der Waals surface area (Å²) in [5.41, 5.74) is 4.22. The first-order valence-electron chi connectivity index (χ1n) is 5.43. The van der Waals surface area contributed by atoms with Gasteiger partial charge in [0.25, 0.3) is 0 Å². The quantitative estimate of drug-likeness (QED) is 0.667. The Bertz CT molecular complexity index is 671. The molecule has 0 unspecified atom stereocenters. The van der Waals surface area contributed by atoms with E-state index in [1.807, 2.05) is 0 Å². The number of pyridine rings is 1. The Balaban J connectivity index is 2.58. The summed E-state index contributed by atoms with van der Waals surface area (Å²) in [6.45, 7) is 0. The molecule has 0 aliphatic carbocycles. The molecule has 0 saturated carbocycles. The number of ketones is 1. The summed E-state index contributed by atoms with van der Waals surface area (Å²) in [6, 6.07) is 5.87. The number of alkyl halides is 3. The van der Waals surface area contributed by atoms with Crippen LogP contribution in [0.5, 0.6) is 0 Å². The third-order valence-corrected chi connectivity index (χ3v) is 3.30. The van der Waals surface area contributed by atoms with Crippen molar-refractivity contribution in [3.05, 3.63) is 57.8 Å². The summed E-state index contributed by atoms with van der Waals surface area (Å²) in [5.74, 6) is -0.793. The van der Waals surface area contributed by atoms with Crippen molar-refractivity contribution in [3.63, 3.8) is 0 Å². The molecule has 0 bridgehead atoms. The topological polar surface area (TPSA) is 56.0 Å². The van der Waals surface area contributed by atoms with Crippen molar-refractivity contribution in [2.75, 3.05) is 5.73 Å². The molecule has 20 heavy (non-hydrogen) atoms. The zero-order valence-electron chi connectivity index (χ0n) is 9.91. The largest absolute Gasteiger partial charge is 0.417 e. The number of carbonyl (C=O) groups excluding carboxylic acids is 1. The highest BCUT2D eigenvalue weighted by Gasteiger charge is 2.35. The Morgan fingerprint density at radius 3 is 2.45 bits per heavy atom. The molecule has 1 heterocycles. The molecular weight excluding hydrogens is 337 g/mol. The number of nitrogens with two attached hydrogens (primary N) is 1. The van der Waals surface area contributed by atoms with Crippen LogP contribution in [0.2, 0.25) is 0 Å². The second-order valence-corrected chi connectivity index (χ2v) is 4.69. The lowest BCUT2D eigenvalue weighted by Gasteiger charge is -2.12. The highest BCUT2D eigenvalue weighted by molar-refractivity contribution is 9.10. The Morgan fingerprint density at radius 2 is 1.80 bits per heavy atom. The predicted molar refractivity (Wildman–Crippen MR) is 71.2 cm³/mol. The van der Waals surface area contributed by atoms with Crippen molar-refractivity contribution >= 4 is 27.4 Å². The minimum atomic E-state index is -4.61. The molecule has 0 aliphatic rings. The number of benzene rings is 1. The average Bonchev–Trinajstić information content (AvgIpc) is 2.40. The van der Waals surface area contributed by atoms with Gasteiger partial charge in [0, 0.05) is 17.3 Å². The molecule has 104 valence electrons. The van der Waals surface area contributed by atoms with Crippen molar-refractivity contribution in [3.8, 4) is 0 Å². The van der Waals surface area contributed by atoms with Crippen molar-refractivity contribution in [1.82, 2.24) is 4.98 Å². The fourth-order valence-electron chi connectivity index (χ4n) is 1.72. The first-order chi connectivity index (χ1) is 9.32. The van der Waals surface area contributed by atoms with Crippen molar-refractivity contribution in [2.24, 2.45) is 0 Å². The second-order valence-electron chi connectivity index (χ2n) is 3.94. The van der Waals surface area contributed by atoms with Gasteiger partial charge in [0.05, 0.1) is 11.3 Å². The normalized spacial score (nSPS) is 11.4. The maximum atomic E-state index is 12.9. The molecule has 0 atom stereocenters. The first-order valence-corrected chi connectivity index (χ1v) is 6.22. The number of anilines is 1. The zero-order chi connectivity index (χ0) is 14.9. The van der Waals surface area contributed by atoms with Gasteiger partial charge in [-0.15, -0.1) is 0 Å². The van der Waals surface area contributed by atoms with Crippen LogP contribution in [0.25, 0.3) is 0 Å². The minimum Gasteiger partial charge on any atom is -0.396 e. The molecule has 7 heteroatoms. The van der Waals surface area contributed by atoms with E-state index < -0.39 is 23.1 Å². The van der Waals surface area contributed by atoms with Crippen LogP contribution in [0.1, 0.15) is 21.5 Å². The Morgan fingerprint density at radius 1 is 1.15 bits per heavy atom. The molecule has 0 fully saturated rings. The maximum absolute atomic E-state index is 12.9. The van der Waals surface area contributed by atoms with E-state index in [9.17, 15) is 18.0 Å². The van der Waals surface area contributed by atoms with Gasteiger partial charge in [-0.1, -0.05) is 18.2 Å². The highest BCUT2D eigenvalue weighted by atomic mass is 79.9. The van der Waals surface area contributed by atoms with Gasteiger partial charge in [-0.2, -0.15) is 13.2 Å². The van der Waals surface area contributed by atoms with E-state index in [1.165, 1.54) is 24.4 Å². The summed E-state index contributed by atoms with van der Waals surface area (Å²) in [4.78, 5) is 16.1. The standard InChI is InChI=1S/C13H8BrF3N2O/c14-12-10(18)8(5-6-19-12)11(20)7-3-1-2-4-9(7)13(15,16)17/h1-6H,18H2. The molecule has 1 aromatic heterocycles. The number of nitrogen functional groups attached to an aromatic ring is 1. The van der Waals surface area contributed by atoms with Crippen LogP contribution in [0, 0.1) is 0 Å². The van der Waals surface area contributed by atoms with E-state index in [0.29, 0.717) is 0 Å². The number of hydrogen-bond acceptors (Lipinski definition) is 3. The molecule has 0 saturated heterocycles. The SMILES string of the molecule is Nc1c(C(=O)c2ccccc2C(F)(F)F)ccnc1Br. The monoisotopic (exact) mass is 344 g/mol. The molecule has 0 amide bonds. The lowest BCUT2D eigenvalue weighted by Crippen LogP contribution is -2.15. The van der Waals surface area contributed by atoms with Gasteiger partial charge in [-0.05, 0) is 28.1 Å². The van der Waals surface area contributed by atoms with Gasteiger partial charge in [-0.25, -0.2) is 4.98 Å². The number of aromatic nitrogens is 1. The molecule has 1 aromatic carbocycles. The van der Waals surface area contributed by atoms with Crippen LogP contribution in [0.3, 0.4) is 0 Å². The Kier molecular flexibility index (Phi) is 3.80. The third-order valence-electron chi connectivity index (χ3n) is 2.66. The average molecular weight is 345 g/mol. The van der Waals surface area contributed by atoms with Crippen molar-refractivity contribution in [2.45, 2.75) is 6.18 Å². The van der Waals surface area contributed by atoms with Gasteiger partial charge >= 0.3 is 6.18 Å². The van der Waals surface area contributed by atoms with Gasteiger partial charge in [0.15, 0.2) is 5.78 Å². The van der Waals surface area contributed by atoms with Crippen LogP contribution in [-0.2, 0) is 6.18 Å². The number of hydrogen-bond donors (Lipinski definition) is 1. The minimum absolute atomic E-state index is 0.00878. The summed E-state index contributed by atoms with van der Waals surface area (Å²) < 4.78 is 38.9. The molecule has 2 N–H and O–H groups in total. The summed E-state index contributed by atoms with van der Waals surface area (Å²) in [5, 5.41) is 0. The Labute approximate surface area is 120 Å². The van der Waals surface area contributed by atoms with Gasteiger partial charge < -0.3 is 5.73 Å². The van der Waals surface area contributed by atoms with Gasteiger partial charge in [-0.3, -0.25) is 4.79 Å². The highest BCUT2D eigenvalue weighted by Crippen LogP contribution is 2.33. The molecule has 3 nitrogen and oxygen atoms in total. The van der Waals surface area contributed by atoms with Crippen LogP contribution in [0.15, 0.2) is 41.1 Å². The number of rotatable bonds is 2. The van der Waals surface area contributed by atoms with E-state index in [2.05, 4.69) is 20.9 Å². The molecule has 2 aromatic rings. The van der Waals surface area contributed by atoms with Crippen molar-refractivity contribution in [1.29, 1.82) is 0 Å². The van der Waals surface area contributed by atoms with Crippen LogP contribution < -0.4 is 5.73 Å². The number of halogens is 4. The predicted octanol–water partition coefficient (Wildman–Crippen LogP) is 3.68. The van der Waals surface area contributed by atoms with Crippen molar-refractivity contribution < 1.29 is 18.0 Å². The van der Waals surface area contributed by atoms with Crippen LogP contribution in [0.4, 0.5) is 18.9 Å². The number of nitrogens with zero attached hydrogens (tertiary/aromatic N) is 1. The molecule has 0 spiro atoms. The lowest BCUT2D eigenvalue weighted by molar-refractivity contribution is -0.137. The molecular formula is C13H8BrF3N2O. The fraction of sp³-hybridized carbons (Fsp3) is 0.0769. The van der Waals surface area contributed by atoms with Gasteiger partial charge in [0.2, 0.25) is 0 Å². The maximum Gasteiger partial charge on any atom is 0.417 e. The summed E-state index contributed by atoms with van der Waals surface area (Å²) in [7, 11) is 0. The van der Waals surface area contributed by atoms with E-state index in [-0.39, 0.29) is 15.9 Å². The van der Waals surface area contributed by atoms with Crippen LogP contribution >= 0.6 is 15.9 Å². The van der Waals surface area contributed by atoms with Gasteiger partial charge in [0.1, 0.15) is 4.60 Å². The Hall–Kier alpha value is -1.89. The summed E-state index contributed by atoms with van der Waals surface area (Å²) in [6.07, 6.45) is -3.31. The van der Waals surface area contributed by atoms with Crippen LogP contribution in [-0.4, -0.2) is 10.8 Å². The van der Waals surface area contributed by atoms with E-state index >= 15 is 0 Å². The lowest BCUT2D eigenvalue weighted by atomic mass is 9.98. The number of carbonyl (C=O) groups is 1. The molecule has 0 aliphatic heterocycles. The first kappa shape index (κ1) is 14.5. The molecule has 2 rings (SSSR count). The van der Waals surface area contributed by atoms with E-state index in [4.69, 9.17) is 5.73 Å². The van der Waals surface area contributed by atoms with E-state index in [1.54, 1.807) is 0 Å². The smallest absolute Gasteiger partial charge is 0.396 e. The zero-order valence-corrected chi connectivity index (χ0v) is 11.5. The van der Waals surface area contributed by atoms with E-state index in [0.717, 1.165) is 12.1 Å². The third kappa shape index (κ3) is 2.67. The molecule has 0 radical (unpaired) electrons. The fourth-order valence-corrected chi connectivity index (χ4v) is 2.05. The summed E-state index contributed by atoms with van der Waals surface area (Å²) >= 11 is 3.03. The second kappa shape index (κ2) is 5.24.